The van der Waals surface area contributed by atoms with Crippen molar-refractivity contribution < 1.29 is 0 Å². The fourth-order valence-corrected chi connectivity index (χ4v) is 2.41. The Labute approximate surface area is 118 Å². The van der Waals surface area contributed by atoms with Gasteiger partial charge in [-0.15, -0.1) is 0 Å². The molecule has 0 unspecified atom stereocenters. The van der Waals surface area contributed by atoms with E-state index in [2.05, 4.69) is 23.5 Å². The van der Waals surface area contributed by atoms with E-state index in [0.717, 1.165) is 12.2 Å². The van der Waals surface area contributed by atoms with Crippen molar-refractivity contribution in [2.45, 2.75) is 77.6 Å². The highest BCUT2D eigenvalue weighted by atomic mass is 14.9. The number of aryl methyl sites for hydroxylation is 1. The van der Waals surface area contributed by atoms with E-state index in [4.69, 9.17) is 0 Å². The van der Waals surface area contributed by atoms with Crippen molar-refractivity contribution in [1.82, 2.24) is 9.97 Å². The Morgan fingerprint density at radius 1 is 1.00 bits per heavy atom. The lowest BCUT2D eigenvalue weighted by atomic mass is 10.1. The molecule has 0 aromatic carbocycles. The molecule has 0 saturated heterocycles. The first-order chi connectivity index (χ1) is 9.36. The third-order valence-electron chi connectivity index (χ3n) is 3.64. The Bertz CT molecular complexity index is 328. The Kier molecular flexibility index (Phi) is 9.13. The molecule has 2 nitrogen and oxygen atoms in total. The molecule has 0 bridgehead atoms. The summed E-state index contributed by atoms with van der Waals surface area (Å²) in [5, 5.41) is 0. The lowest BCUT2D eigenvalue weighted by Crippen LogP contribution is -1.87. The molecule has 0 aliphatic heterocycles. The summed E-state index contributed by atoms with van der Waals surface area (Å²) in [5.74, 6) is 0.891. The zero-order chi connectivity index (χ0) is 13.8. The maximum Gasteiger partial charge on any atom is 0.129 e. The number of H-pyrrole nitrogens is 1. The number of hydrogen-bond donors (Lipinski definition) is 1. The van der Waals surface area contributed by atoms with Gasteiger partial charge in [0.05, 0.1) is 0 Å². The van der Waals surface area contributed by atoms with Gasteiger partial charge in [-0.2, -0.15) is 0 Å². The third kappa shape index (κ3) is 7.86. The lowest BCUT2D eigenvalue weighted by molar-refractivity contribution is 0.555. The molecule has 0 aliphatic carbocycles. The second-order valence-electron chi connectivity index (χ2n) is 5.43. The Balaban J connectivity index is 1.87. The Morgan fingerprint density at radius 2 is 1.58 bits per heavy atom. The fourth-order valence-electron chi connectivity index (χ4n) is 2.41. The minimum atomic E-state index is 0.891. The molecule has 0 saturated carbocycles. The fraction of sp³-hybridized carbons (Fsp3) is 0.706. The van der Waals surface area contributed by atoms with Crippen LogP contribution >= 0.6 is 0 Å². The van der Waals surface area contributed by atoms with E-state index in [-0.39, 0.29) is 0 Å². The lowest BCUT2D eigenvalue weighted by Gasteiger charge is -2.01. The first kappa shape index (κ1) is 16.0. The maximum atomic E-state index is 4.22. The summed E-state index contributed by atoms with van der Waals surface area (Å²) in [7, 11) is 0. The molecule has 2 heteroatoms. The molecule has 1 aromatic heterocycles. The van der Waals surface area contributed by atoms with Crippen LogP contribution in [0.2, 0.25) is 0 Å². The molecule has 1 aromatic rings. The number of aromatic nitrogens is 2. The molecule has 1 N–H and O–H groups in total. The van der Waals surface area contributed by atoms with Crippen molar-refractivity contribution in [2.24, 2.45) is 0 Å². The van der Waals surface area contributed by atoms with Gasteiger partial charge in [-0.1, -0.05) is 71.3 Å². The SMILES string of the molecule is C=Cc1ncc(CCCCCCCCCCCC)[nH]1. The van der Waals surface area contributed by atoms with Crippen LogP contribution in [0.15, 0.2) is 12.8 Å². The van der Waals surface area contributed by atoms with Gasteiger partial charge >= 0.3 is 0 Å². The molecule has 19 heavy (non-hydrogen) atoms. The highest BCUT2D eigenvalue weighted by molar-refractivity contribution is 5.36. The normalized spacial score (nSPS) is 10.8. The maximum absolute atomic E-state index is 4.22. The number of aromatic amines is 1. The van der Waals surface area contributed by atoms with Crippen LogP contribution in [-0.2, 0) is 6.42 Å². The van der Waals surface area contributed by atoms with Crippen LogP contribution in [0.4, 0.5) is 0 Å². The number of rotatable bonds is 12. The van der Waals surface area contributed by atoms with Gasteiger partial charge in [0.15, 0.2) is 0 Å². The van der Waals surface area contributed by atoms with E-state index in [0.29, 0.717) is 0 Å². The second-order valence-corrected chi connectivity index (χ2v) is 5.43. The first-order valence-corrected chi connectivity index (χ1v) is 8.03. The van der Waals surface area contributed by atoms with Crippen LogP contribution in [0.25, 0.3) is 6.08 Å². The quantitative estimate of drug-likeness (QED) is 0.494. The summed E-state index contributed by atoms with van der Waals surface area (Å²) < 4.78 is 0. The summed E-state index contributed by atoms with van der Waals surface area (Å²) in [6.07, 6.45) is 18.7. The van der Waals surface area contributed by atoms with Crippen LogP contribution < -0.4 is 0 Å². The van der Waals surface area contributed by atoms with Crippen LogP contribution in [0.5, 0.6) is 0 Å². The average molecular weight is 262 g/mol. The van der Waals surface area contributed by atoms with Gasteiger partial charge < -0.3 is 4.98 Å². The second kappa shape index (κ2) is 10.8. The van der Waals surface area contributed by atoms with Gasteiger partial charge in [0.1, 0.15) is 5.82 Å². The predicted octanol–water partition coefficient (Wildman–Crippen LogP) is 5.52. The van der Waals surface area contributed by atoms with Gasteiger partial charge in [-0.3, -0.25) is 0 Å². The number of nitrogens with zero attached hydrogens (tertiary/aromatic N) is 1. The monoisotopic (exact) mass is 262 g/mol. The third-order valence-corrected chi connectivity index (χ3v) is 3.64. The van der Waals surface area contributed by atoms with Crippen molar-refractivity contribution in [3.05, 3.63) is 24.3 Å². The summed E-state index contributed by atoms with van der Waals surface area (Å²) in [6, 6.07) is 0. The predicted molar refractivity (Wildman–Crippen MR) is 84.2 cm³/mol. The molecule has 0 fully saturated rings. The molecule has 1 rings (SSSR count). The Hall–Kier alpha value is -1.05. The Morgan fingerprint density at radius 3 is 2.11 bits per heavy atom. The molecule has 0 aliphatic rings. The van der Waals surface area contributed by atoms with Crippen LogP contribution in [0.1, 0.15) is 82.7 Å². The molecular weight excluding hydrogens is 232 g/mol. The smallest absolute Gasteiger partial charge is 0.129 e. The van der Waals surface area contributed by atoms with E-state index >= 15 is 0 Å². The van der Waals surface area contributed by atoms with Crippen LogP contribution in [0, 0.1) is 0 Å². The molecule has 108 valence electrons. The number of unbranched alkanes of at least 4 members (excludes halogenated alkanes) is 9. The van der Waals surface area contributed by atoms with Crippen molar-refractivity contribution in [1.29, 1.82) is 0 Å². The van der Waals surface area contributed by atoms with Gasteiger partial charge in [0, 0.05) is 11.9 Å². The largest absolute Gasteiger partial charge is 0.342 e. The highest BCUT2D eigenvalue weighted by Crippen LogP contribution is 2.12. The van der Waals surface area contributed by atoms with Crippen molar-refractivity contribution in [3.8, 4) is 0 Å². The highest BCUT2D eigenvalue weighted by Gasteiger charge is 1.97. The van der Waals surface area contributed by atoms with Crippen molar-refractivity contribution in [3.63, 3.8) is 0 Å². The topological polar surface area (TPSA) is 28.7 Å². The zero-order valence-corrected chi connectivity index (χ0v) is 12.6. The van der Waals surface area contributed by atoms with Gasteiger partial charge in [0.2, 0.25) is 0 Å². The molecule has 0 radical (unpaired) electrons. The van der Waals surface area contributed by atoms with Gasteiger partial charge in [0.25, 0.3) is 0 Å². The molecule has 0 atom stereocenters. The molecule has 0 amide bonds. The number of imidazole rings is 1. The first-order valence-electron chi connectivity index (χ1n) is 8.03. The van der Waals surface area contributed by atoms with Crippen molar-refractivity contribution >= 4 is 6.08 Å². The van der Waals surface area contributed by atoms with Gasteiger partial charge in [-0.05, 0) is 18.9 Å². The number of hydrogen-bond acceptors (Lipinski definition) is 1. The number of nitrogens with one attached hydrogen (secondary N) is 1. The van der Waals surface area contributed by atoms with E-state index in [9.17, 15) is 0 Å². The standard InChI is InChI=1S/C17H30N2/c1-3-5-6-7-8-9-10-11-12-13-14-16-15-18-17(4-2)19-16/h4,15H,2-3,5-14H2,1H3,(H,18,19). The summed E-state index contributed by atoms with van der Waals surface area (Å²) >= 11 is 0. The van der Waals surface area contributed by atoms with E-state index in [1.165, 1.54) is 69.9 Å². The average Bonchev–Trinajstić information content (AvgIpc) is 2.89. The zero-order valence-electron chi connectivity index (χ0n) is 12.6. The van der Waals surface area contributed by atoms with E-state index in [1.807, 2.05) is 6.20 Å². The minimum Gasteiger partial charge on any atom is -0.342 e. The summed E-state index contributed by atoms with van der Waals surface area (Å²) in [4.78, 5) is 7.49. The minimum absolute atomic E-state index is 0.891. The molecule has 1 heterocycles. The summed E-state index contributed by atoms with van der Waals surface area (Å²) in [5.41, 5.74) is 1.24. The van der Waals surface area contributed by atoms with Crippen LogP contribution in [0.3, 0.4) is 0 Å². The molecule has 0 spiro atoms. The summed E-state index contributed by atoms with van der Waals surface area (Å²) in [6.45, 7) is 5.98. The van der Waals surface area contributed by atoms with Crippen molar-refractivity contribution in [2.75, 3.05) is 0 Å². The van der Waals surface area contributed by atoms with E-state index in [1.54, 1.807) is 6.08 Å². The van der Waals surface area contributed by atoms with E-state index < -0.39 is 0 Å². The van der Waals surface area contributed by atoms with Crippen LogP contribution in [-0.4, -0.2) is 9.97 Å². The van der Waals surface area contributed by atoms with Gasteiger partial charge in [-0.25, -0.2) is 4.98 Å². The molecular formula is C17H30N2.